The minimum atomic E-state index is -2.26. The minimum Gasteiger partial charge on any atom is -0.382 e. The number of nitrogens with one attached hydrogen (secondary N) is 2. The van der Waals surface area contributed by atoms with E-state index in [2.05, 4.69) is 15.5 Å². The van der Waals surface area contributed by atoms with E-state index in [0.717, 1.165) is 23.5 Å². The first-order chi connectivity index (χ1) is 16.6. The number of pyridine rings is 1. The molecule has 1 aliphatic heterocycles. The molecule has 11 heteroatoms. The van der Waals surface area contributed by atoms with E-state index < -0.39 is 31.7 Å². The van der Waals surface area contributed by atoms with Gasteiger partial charge in [-0.05, 0) is 18.2 Å². The molecule has 1 atom stereocenters. The Morgan fingerprint density at radius 1 is 1.26 bits per heavy atom. The Morgan fingerprint density at radius 2 is 1.97 bits per heavy atom. The molecule has 0 saturated carbocycles. The number of aromatic amines is 1. The van der Waals surface area contributed by atoms with Crippen molar-refractivity contribution in [1.29, 1.82) is 0 Å². The summed E-state index contributed by atoms with van der Waals surface area (Å²) in [6.07, 6.45) is 0.569. The highest BCUT2D eigenvalue weighted by atomic mass is 28.3. The van der Waals surface area contributed by atoms with Gasteiger partial charge in [0, 0.05) is 48.3 Å². The molecule has 35 heavy (non-hydrogen) atoms. The normalized spacial score (nSPS) is 16.2. The average Bonchev–Trinajstić information content (AvgIpc) is 3.16. The van der Waals surface area contributed by atoms with Gasteiger partial charge in [0.25, 0.3) is 5.56 Å². The summed E-state index contributed by atoms with van der Waals surface area (Å²) in [6, 6.07) is 6.43. The summed E-state index contributed by atoms with van der Waals surface area (Å²) in [5.74, 6) is -1.43. The van der Waals surface area contributed by atoms with Gasteiger partial charge in [-0.3, -0.25) is 19.5 Å². The van der Waals surface area contributed by atoms with Gasteiger partial charge >= 0.3 is 0 Å². The predicted octanol–water partition coefficient (Wildman–Crippen LogP) is 3.07. The van der Waals surface area contributed by atoms with Crippen molar-refractivity contribution in [2.75, 3.05) is 19.0 Å². The lowest BCUT2D eigenvalue weighted by Gasteiger charge is -2.35. The van der Waals surface area contributed by atoms with Crippen LogP contribution in [0.15, 0.2) is 39.6 Å². The van der Waals surface area contributed by atoms with E-state index in [-0.39, 0.29) is 23.0 Å². The first kappa shape index (κ1) is 25.0. The van der Waals surface area contributed by atoms with Gasteiger partial charge in [0.1, 0.15) is 17.7 Å². The summed E-state index contributed by atoms with van der Waals surface area (Å²) in [6.45, 7) is 6.55. The van der Waals surface area contributed by atoms with Crippen LogP contribution in [-0.4, -0.2) is 42.7 Å². The van der Waals surface area contributed by atoms with Crippen molar-refractivity contribution >= 4 is 24.9 Å². The molecule has 0 fully saturated rings. The molecule has 2 N–H and O–H groups in total. The number of carbonyl (C=O) groups excluding carboxylic acids is 1. The molecule has 4 rings (SSSR count). The smallest absolute Gasteiger partial charge is 0.280 e. The molecule has 0 saturated heterocycles. The van der Waals surface area contributed by atoms with Gasteiger partial charge in [0.15, 0.2) is 5.76 Å². The summed E-state index contributed by atoms with van der Waals surface area (Å²) in [4.78, 5) is 31.5. The zero-order chi connectivity index (χ0) is 25.3. The summed E-state index contributed by atoms with van der Waals surface area (Å²) in [7, 11) is -0.679. The standard InChI is InChI=1S/C24H28F2N4O4Si/c1-33-13-14-5-6-17-20(27-14)7-8-30(12-16-11-21(31)29-34-16)22(17)24(32)28-15-9-18(25)23(19(26)10-15)35(2,3)4/h5-6,9-11,22H,7-8,12-13H2,1-4H3,(H,28,32)(H,29,31)/t22-/m1/s1. The van der Waals surface area contributed by atoms with Crippen LogP contribution >= 0.6 is 0 Å². The summed E-state index contributed by atoms with van der Waals surface area (Å²) < 4.78 is 39.9. The van der Waals surface area contributed by atoms with E-state index in [1.165, 1.54) is 6.07 Å². The summed E-state index contributed by atoms with van der Waals surface area (Å²) in [5, 5.41) is 5.02. The van der Waals surface area contributed by atoms with Crippen molar-refractivity contribution in [2.24, 2.45) is 0 Å². The van der Waals surface area contributed by atoms with E-state index in [4.69, 9.17) is 9.26 Å². The number of carbonyl (C=O) groups is 1. The molecule has 1 aliphatic rings. The zero-order valence-corrected chi connectivity index (χ0v) is 21.1. The number of anilines is 1. The molecule has 1 aromatic carbocycles. The molecule has 1 amide bonds. The average molecular weight is 503 g/mol. The van der Waals surface area contributed by atoms with Crippen LogP contribution in [0, 0.1) is 11.6 Å². The van der Waals surface area contributed by atoms with Crippen LogP contribution < -0.4 is 16.1 Å². The van der Waals surface area contributed by atoms with Crippen LogP contribution in [0.25, 0.3) is 0 Å². The second-order valence-corrected chi connectivity index (χ2v) is 14.6. The highest BCUT2D eigenvalue weighted by Crippen LogP contribution is 2.32. The maximum absolute atomic E-state index is 14.8. The number of ether oxygens (including phenoxy) is 1. The van der Waals surface area contributed by atoms with Gasteiger partial charge in [-0.1, -0.05) is 25.7 Å². The van der Waals surface area contributed by atoms with E-state index in [9.17, 15) is 18.4 Å². The van der Waals surface area contributed by atoms with Crippen LogP contribution in [0.1, 0.15) is 28.8 Å². The molecule has 2 aromatic heterocycles. The number of halogens is 2. The Bertz CT molecular complexity index is 1280. The molecule has 0 spiro atoms. The van der Waals surface area contributed by atoms with Crippen molar-refractivity contribution in [3.63, 3.8) is 0 Å². The van der Waals surface area contributed by atoms with Gasteiger partial charge in [0.2, 0.25) is 5.91 Å². The van der Waals surface area contributed by atoms with Crippen molar-refractivity contribution in [1.82, 2.24) is 15.0 Å². The summed E-state index contributed by atoms with van der Waals surface area (Å²) >= 11 is 0. The Balaban J connectivity index is 1.67. The third kappa shape index (κ3) is 5.42. The third-order valence-electron chi connectivity index (χ3n) is 5.90. The van der Waals surface area contributed by atoms with E-state index in [1.807, 2.05) is 30.6 Å². The third-order valence-corrected chi connectivity index (χ3v) is 7.87. The predicted molar refractivity (Wildman–Crippen MR) is 129 cm³/mol. The number of hydrogen-bond acceptors (Lipinski definition) is 6. The molecule has 0 radical (unpaired) electrons. The SMILES string of the molecule is COCc1ccc2c(n1)CCN(Cc1cc(=O)[nH]o1)[C@H]2C(=O)Nc1cc(F)c([Si](C)(C)C)c(F)c1. The first-order valence-electron chi connectivity index (χ1n) is 11.3. The number of methoxy groups -OCH3 is 1. The van der Waals surface area contributed by atoms with Gasteiger partial charge in [-0.25, -0.2) is 8.78 Å². The fourth-order valence-corrected chi connectivity index (χ4v) is 6.04. The maximum atomic E-state index is 14.8. The zero-order valence-electron chi connectivity index (χ0n) is 20.1. The monoisotopic (exact) mass is 502 g/mol. The molecule has 8 nitrogen and oxygen atoms in total. The molecule has 0 aliphatic carbocycles. The quantitative estimate of drug-likeness (QED) is 0.482. The van der Waals surface area contributed by atoms with E-state index >= 15 is 0 Å². The number of H-pyrrole nitrogens is 1. The van der Waals surface area contributed by atoms with E-state index in [1.54, 1.807) is 13.2 Å². The summed E-state index contributed by atoms with van der Waals surface area (Å²) in [5.41, 5.74) is 1.82. The fraction of sp³-hybridized carbons (Fsp3) is 0.375. The largest absolute Gasteiger partial charge is 0.382 e. The number of amides is 1. The van der Waals surface area contributed by atoms with Crippen molar-refractivity contribution in [3.05, 3.63) is 75.0 Å². The van der Waals surface area contributed by atoms with Crippen LogP contribution in [0.5, 0.6) is 0 Å². The van der Waals surface area contributed by atoms with Crippen LogP contribution in [0.3, 0.4) is 0 Å². The number of benzene rings is 1. The second-order valence-electron chi connectivity index (χ2n) is 9.63. The maximum Gasteiger partial charge on any atom is 0.280 e. The lowest BCUT2D eigenvalue weighted by molar-refractivity contribution is -0.122. The minimum absolute atomic E-state index is 0.0382. The number of hydrogen-bond donors (Lipinski definition) is 2. The molecule has 186 valence electrons. The number of fused-ring (bicyclic) bond motifs is 1. The molecule has 3 aromatic rings. The van der Waals surface area contributed by atoms with Crippen molar-refractivity contribution in [2.45, 2.75) is 45.3 Å². The van der Waals surface area contributed by atoms with Gasteiger partial charge in [-0.15, -0.1) is 0 Å². The topological polar surface area (TPSA) is 100 Å². The van der Waals surface area contributed by atoms with Gasteiger partial charge < -0.3 is 14.6 Å². The first-order valence-corrected chi connectivity index (χ1v) is 14.8. The van der Waals surface area contributed by atoms with E-state index in [0.29, 0.717) is 30.9 Å². The highest BCUT2D eigenvalue weighted by Gasteiger charge is 2.35. The Labute approximate surface area is 202 Å². The molecule has 0 unspecified atom stereocenters. The molecule has 3 heterocycles. The van der Waals surface area contributed by atoms with Crippen LogP contribution in [0.2, 0.25) is 19.6 Å². The Kier molecular flexibility index (Phi) is 7.02. The number of rotatable bonds is 7. The Morgan fingerprint density at radius 3 is 2.57 bits per heavy atom. The molecular formula is C24H28F2N4O4Si. The lowest BCUT2D eigenvalue weighted by Crippen LogP contribution is -2.43. The second kappa shape index (κ2) is 9.84. The Hall–Kier alpha value is -3.15. The lowest BCUT2D eigenvalue weighted by atomic mass is 9.95. The van der Waals surface area contributed by atoms with Crippen LogP contribution in [0.4, 0.5) is 14.5 Å². The molecule has 0 bridgehead atoms. The van der Waals surface area contributed by atoms with Crippen molar-refractivity contribution < 1.29 is 22.8 Å². The van der Waals surface area contributed by atoms with Crippen LogP contribution in [-0.2, 0) is 29.1 Å². The van der Waals surface area contributed by atoms with Crippen molar-refractivity contribution in [3.8, 4) is 0 Å². The number of aromatic nitrogens is 2. The fourth-order valence-electron chi connectivity index (χ4n) is 4.46. The van der Waals surface area contributed by atoms with Gasteiger partial charge in [0.05, 0.1) is 26.9 Å². The van der Waals surface area contributed by atoms with Gasteiger partial charge in [-0.2, -0.15) is 5.16 Å². The highest BCUT2D eigenvalue weighted by molar-refractivity contribution is 6.88. The molecular weight excluding hydrogens is 474 g/mol. The number of nitrogens with zero attached hydrogens (tertiary/aromatic N) is 2.